The number of hydrogen-bond acceptors (Lipinski definition) is 5. The van der Waals surface area contributed by atoms with Gasteiger partial charge in [-0.25, -0.2) is 13.1 Å². The van der Waals surface area contributed by atoms with Gasteiger partial charge in [0.25, 0.3) is 0 Å². The smallest absolute Gasteiger partial charge is 0.234 e. The third-order valence-electron chi connectivity index (χ3n) is 3.85. The summed E-state index contributed by atoms with van der Waals surface area (Å²) < 4.78 is 25.5. The van der Waals surface area contributed by atoms with Gasteiger partial charge >= 0.3 is 0 Å². The molecule has 1 heterocycles. The van der Waals surface area contributed by atoms with E-state index >= 15 is 0 Å². The van der Waals surface area contributed by atoms with E-state index in [-0.39, 0.29) is 11.9 Å². The Morgan fingerprint density at radius 3 is 2.23 bits per heavy atom. The minimum absolute atomic E-state index is 0.0459. The molecule has 0 atom stereocenters. The van der Waals surface area contributed by atoms with E-state index in [0.29, 0.717) is 13.1 Å². The van der Waals surface area contributed by atoms with Crippen LogP contribution in [0.3, 0.4) is 0 Å². The Bertz CT molecular complexity index is 595. The van der Waals surface area contributed by atoms with Crippen molar-refractivity contribution in [1.82, 2.24) is 25.2 Å². The summed E-state index contributed by atoms with van der Waals surface area (Å²) in [5.74, 6) is 0.782. The Morgan fingerprint density at radius 1 is 1.19 bits per heavy atom. The molecule has 1 aliphatic rings. The highest BCUT2D eigenvalue weighted by Crippen LogP contribution is 2.05. The summed E-state index contributed by atoms with van der Waals surface area (Å²) in [4.78, 5) is 20.4. The van der Waals surface area contributed by atoms with E-state index in [1.54, 1.807) is 7.05 Å². The minimum atomic E-state index is -3.28. The van der Waals surface area contributed by atoms with Gasteiger partial charge in [0.2, 0.25) is 15.9 Å². The molecule has 0 radical (unpaired) electrons. The first kappa shape index (κ1) is 22.7. The molecule has 0 unspecified atom stereocenters. The normalized spacial score (nSPS) is 17.5. The molecule has 1 saturated heterocycles. The fourth-order valence-corrected chi connectivity index (χ4v) is 3.93. The van der Waals surface area contributed by atoms with Gasteiger partial charge in [-0.3, -0.25) is 14.7 Å². The molecule has 0 saturated carbocycles. The van der Waals surface area contributed by atoms with E-state index in [4.69, 9.17) is 0 Å². The number of nitrogens with one attached hydrogen (secondary N) is 3. The fraction of sp³-hybridized carbons (Fsp3) is 0.875. The average molecular weight is 391 g/mol. The number of carbonyl (C=O) groups is 1. The van der Waals surface area contributed by atoms with Crippen molar-refractivity contribution >= 4 is 21.9 Å². The Kier molecular flexibility index (Phi) is 8.29. The molecule has 1 rings (SSSR count). The number of rotatable bonds is 7. The van der Waals surface area contributed by atoms with Gasteiger partial charge in [0.1, 0.15) is 0 Å². The van der Waals surface area contributed by atoms with Gasteiger partial charge in [0, 0.05) is 51.4 Å². The molecule has 3 N–H and O–H groups in total. The first-order chi connectivity index (χ1) is 11.9. The maximum Gasteiger partial charge on any atom is 0.234 e. The Labute approximate surface area is 157 Å². The lowest BCUT2D eigenvalue weighted by Crippen LogP contribution is -2.57. The van der Waals surface area contributed by atoms with Crippen LogP contribution in [0.25, 0.3) is 0 Å². The topological polar surface area (TPSA) is 106 Å². The number of nitrogens with zero attached hydrogens (tertiary/aromatic N) is 3. The van der Waals surface area contributed by atoms with Gasteiger partial charge in [-0.15, -0.1) is 0 Å². The third kappa shape index (κ3) is 8.81. The van der Waals surface area contributed by atoms with Crippen molar-refractivity contribution < 1.29 is 13.2 Å². The number of amides is 1. The van der Waals surface area contributed by atoms with Crippen LogP contribution < -0.4 is 15.4 Å². The molecule has 0 aromatic heterocycles. The van der Waals surface area contributed by atoms with Crippen molar-refractivity contribution in [2.24, 2.45) is 4.99 Å². The summed E-state index contributed by atoms with van der Waals surface area (Å²) in [6.45, 7) is 11.4. The molecule has 152 valence electrons. The van der Waals surface area contributed by atoms with Crippen LogP contribution in [0.4, 0.5) is 0 Å². The zero-order chi connectivity index (χ0) is 20.0. The van der Waals surface area contributed by atoms with E-state index in [1.165, 1.54) is 0 Å². The number of hydrogen-bond donors (Lipinski definition) is 3. The monoisotopic (exact) mass is 390 g/mol. The van der Waals surface area contributed by atoms with Crippen LogP contribution in [0.15, 0.2) is 4.99 Å². The highest BCUT2D eigenvalue weighted by atomic mass is 32.2. The van der Waals surface area contributed by atoms with E-state index in [1.807, 2.05) is 27.7 Å². The van der Waals surface area contributed by atoms with Crippen LogP contribution in [0, 0.1) is 0 Å². The molecule has 1 fully saturated rings. The maximum absolute atomic E-state index is 11.9. The molecular formula is C16H34N6O3S. The second-order valence-electron chi connectivity index (χ2n) is 7.64. The van der Waals surface area contributed by atoms with E-state index in [9.17, 15) is 13.2 Å². The van der Waals surface area contributed by atoms with Crippen LogP contribution in [-0.4, -0.2) is 94.2 Å². The predicted molar refractivity (Wildman–Crippen MR) is 105 cm³/mol. The summed E-state index contributed by atoms with van der Waals surface area (Å²) >= 11 is 0. The summed E-state index contributed by atoms with van der Waals surface area (Å²) in [5.41, 5.74) is -0.625. The molecule has 0 aromatic carbocycles. The van der Waals surface area contributed by atoms with Crippen molar-refractivity contribution in [3.8, 4) is 0 Å². The van der Waals surface area contributed by atoms with Crippen LogP contribution in [0.2, 0.25) is 0 Å². The highest BCUT2D eigenvalue weighted by Gasteiger charge is 2.25. The first-order valence-electron chi connectivity index (χ1n) is 8.88. The van der Waals surface area contributed by atoms with Gasteiger partial charge in [-0.2, -0.15) is 0 Å². The fourth-order valence-electron chi connectivity index (χ4n) is 2.86. The van der Waals surface area contributed by atoms with E-state index in [0.717, 1.165) is 38.4 Å². The van der Waals surface area contributed by atoms with E-state index in [2.05, 4.69) is 30.1 Å². The standard InChI is InChI=1S/C16H34N6O3S/c1-13(2)19-14(23)11-21-7-9-22(10-8-21)15(17-5)18-12-16(3,4)20-26(6,24)25/h13,20H,7-12H2,1-6H3,(H,17,18)(H,19,23). The quantitative estimate of drug-likeness (QED) is 0.382. The lowest BCUT2D eigenvalue weighted by Gasteiger charge is -2.37. The van der Waals surface area contributed by atoms with Crippen molar-refractivity contribution in [3.05, 3.63) is 0 Å². The van der Waals surface area contributed by atoms with Gasteiger partial charge in [-0.05, 0) is 27.7 Å². The van der Waals surface area contributed by atoms with Gasteiger partial charge < -0.3 is 15.5 Å². The third-order valence-corrected chi connectivity index (χ3v) is 4.77. The largest absolute Gasteiger partial charge is 0.354 e. The van der Waals surface area contributed by atoms with Crippen LogP contribution in [0.5, 0.6) is 0 Å². The van der Waals surface area contributed by atoms with Crippen molar-refractivity contribution in [2.75, 3.05) is 52.6 Å². The van der Waals surface area contributed by atoms with Gasteiger partial charge in [-0.1, -0.05) is 0 Å². The molecule has 0 bridgehead atoms. The second kappa shape index (κ2) is 9.52. The number of guanidine groups is 1. The Balaban J connectivity index is 2.48. The molecule has 10 heteroatoms. The Hall–Kier alpha value is -1.39. The minimum Gasteiger partial charge on any atom is -0.354 e. The predicted octanol–water partition coefficient (Wildman–Crippen LogP) is -0.968. The second-order valence-corrected chi connectivity index (χ2v) is 9.39. The van der Waals surface area contributed by atoms with Gasteiger partial charge in [0.15, 0.2) is 5.96 Å². The Morgan fingerprint density at radius 2 is 1.77 bits per heavy atom. The number of aliphatic imine (C=N–C) groups is 1. The summed E-state index contributed by atoms with van der Waals surface area (Å²) in [6, 6.07) is 0.149. The first-order valence-corrected chi connectivity index (χ1v) is 10.8. The molecule has 0 aliphatic carbocycles. The molecule has 0 aromatic rings. The highest BCUT2D eigenvalue weighted by molar-refractivity contribution is 7.88. The summed E-state index contributed by atoms with van der Waals surface area (Å²) in [6.07, 6.45) is 1.15. The summed E-state index contributed by atoms with van der Waals surface area (Å²) in [7, 11) is -1.57. The number of piperazine rings is 1. The van der Waals surface area contributed by atoms with Crippen molar-refractivity contribution in [1.29, 1.82) is 0 Å². The van der Waals surface area contributed by atoms with Crippen LogP contribution in [0.1, 0.15) is 27.7 Å². The number of carbonyl (C=O) groups excluding carboxylic acids is 1. The van der Waals surface area contributed by atoms with E-state index < -0.39 is 15.6 Å². The summed E-state index contributed by atoms with van der Waals surface area (Å²) in [5, 5.41) is 6.14. The lowest BCUT2D eigenvalue weighted by molar-refractivity contribution is -0.123. The lowest BCUT2D eigenvalue weighted by atomic mass is 10.1. The zero-order valence-electron chi connectivity index (χ0n) is 16.8. The van der Waals surface area contributed by atoms with Gasteiger partial charge in [0.05, 0.1) is 12.8 Å². The van der Waals surface area contributed by atoms with Crippen LogP contribution in [-0.2, 0) is 14.8 Å². The van der Waals surface area contributed by atoms with Crippen molar-refractivity contribution in [2.45, 2.75) is 39.3 Å². The average Bonchev–Trinajstić information content (AvgIpc) is 2.46. The molecule has 0 spiro atoms. The molecule has 26 heavy (non-hydrogen) atoms. The van der Waals surface area contributed by atoms with Crippen LogP contribution >= 0.6 is 0 Å². The zero-order valence-corrected chi connectivity index (χ0v) is 17.6. The van der Waals surface area contributed by atoms with Crippen molar-refractivity contribution in [3.63, 3.8) is 0 Å². The molecule has 1 amide bonds. The SMILES string of the molecule is CN=C(NCC(C)(C)NS(C)(=O)=O)N1CCN(CC(=O)NC(C)C)CC1. The molecular weight excluding hydrogens is 356 g/mol. The number of sulfonamides is 1. The molecule has 9 nitrogen and oxygen atoms in total. The molecule has 1 aliphatic heterocycles. The maximum atomic E-state index is 11.9.